The molecule has 1 fully saturated rings. The topological polar surface area (TPSA) is 55.4 Å². The van der Waals surface area contributed by atoms with Crippen LogP contribution in [0.2, 0.25) is 0 Å². The van der Waals surface area contributed by atoms with Gasteiger partial charge in [0, 0.05) is 18.8 Å². The minimum atomic E-state index is -3.10. The molecule has 2 unspecified atom stereocenters. The molecule has 4 nitrogen and oxygen atoms in total. The van der Waals surface area contributed by atoms with Crippen molar-refractivity contribution in [1.82, 2.24) is 0 Å². The molecular formula is C14H21NO3S. The molecule has 1 saturated heterocycles. The molecule has 1 heterocycles. The fraction of sp³-hybridized carbons (Fsp3) is 0.571. The lowest BCUT2D eigenvalue weighted by atomic mass is 10.3. The van der Waals surface area contributed by atoms with E-state index in [1.807, 2.05) is 30.3 Å². The summed E-state index contributed by atoms with van der Waals surface area (Å²) in [5.74, 6) is 0.143. The quantitative estimate of drug-likeness (QED) is 0.868. The number of sulfone groups is 1. The zero-order valence-electron chi connectivity index (χ0n) is 11.2. The van der Waals surface area contributed by atoms with E-state index in [4.69, 9.17) is 4.74 Å². The van der Waals surface area contributed by atoms with Crippen molar-refractivity contribution in [2.24, 2.45) is 0 Å². The highest BCUT2D eigenvalue weighted by Crippen LogP contribution is 2.16. The lowest BCUT2D eigenvalue weighted by Gasteiger charge is -2.17. The molecule has 106 valence electrons. The third kappa shape index (κ3) is 4.21. The molecule has 19 heavy (non-hydrogen) atoms. The first-order valence-electron chi connectivity index (χ1n) is 6.70. The highest BCUT2D eigenvalue weighted by Gasteiger charge is 2.27. The van der Waals surface area contributed by atoms with E-state index in [9.17, 15) is 8.42 Å². The first-order valence-corrected chi connectivity index (χ1v) is 8.41. The molecule has 0 amide bonds. The Hall–Kier alpha value is -1.07. The number of nitrogens with one attached hydrogen (secondary N) is 1. The van der Waals surface area contributed by atoms with Crippen LogP contribution in [0.1, 0.15) is 19.8 Å². The molecule has 0 spiro atoms. The van der Waals surface area contributed by atoms with Crippen LogP contribution < -0.4 is 5.32 Å². The van der Waals surface area contributed by atoms with E-state index >= 15 is 0 Å². The van der Waals surface area contributed by atoms with Gasteiger partial charge in [-0.05, 0) is 31.9 Å². The number of para-hydroxylation sites is 1. The number of rotatable bonds is 6. The molecule has 1 N–H and O–H groups in total. The molecular weight excluding hydrogens is 262 g/mol. The van der Waals surface area contributed by atoms with Gasteiger partial charge in [-0.1, -0.05) is 18.2 Å². The van der Waals surface area contributed by atoms with Gasteiger partial charge in [-0.2, -0.15) is 0 Å². The van der Waals surface area contributed by atoms with Gasteiger partial charge in [0.15, 0.2) is 9.84 Å². The maximum atomic E-state index is 12.2. The van der Waals surface area contributed by atoms with Crippen molar-refractivity contribution in [3.05, 3.63) is 30.3 Å². The van der Waals surface area contributed by atoms with Gasteiger partial charge in [0.25, 0.3) is 0 Å². The van der Waals surface area contributed by atoms with Crippen LogP contribution in [-0.4, -0.2) is 38.7 Å². The summed E-state index contributed by atoms with van der Waals surface area (Å²) in [5, 5.41) is 2.75. The Morgan fingerprint density at radius 2 is 2.11 bits per heavy atom. The Kier molecular flexibility index (Phi) is 4.82. The van der Waals surface area contributed by atoms with E-state index in [0.717, 1.165) is 18.5 Å². The van der Waals surface area contributed by atoms with Crippen LogP contribution in [0, 0.1) is 0 Å². The number of ether oxygens (including phenoxy) is 1. The number of benzene rings is 1. The van der Waals surface area contributed by atoms with Crippen molar-refractivity contribution < 1.29 is 13.2 Å². The standard InChI is InChI=1S/C14H21NO3S/c1-12(10-15-13-6-3-2-4-7-13)19(16,17)11-14-8-5-9-18-14/h2-4,6-7,12,14-15H,5,8-11H2,1H3. The summed E-state index contributed by atoms with van der Waals surface area (Å²) < 4.78 is 29.8. The highest BCUT2D eigenvalue weighted by molar-refractivity contribution is 7.92. The fourth-order valence-electron chi connectivity index (χ4n) is 2.14. The second-order valence-electron chi connectivity index (χ2n) is 5.02. The van der Waals surface area contributed by atoms with Crippen LogP contribution in [0.25, 0.3) is 0 Å². The van der Waals surface area contributed by atoms with E-state index in [-0.39, 0.29) is 11.9 Å². The maximum absolute atomic E-state index is 12.2. The van der Waals surface area contributed by atoms with Crippen LogP contribution in [-0.2, 0) is 14.6 Å². The van der Waals surface area contributed by atoms with E-state index in [1.54, 1.807) is 6.92 Å². The van der Waals surface area contributed by atoms with Crippen molar-refractivity contribution in [3.63, 3.8) is 0 Å². The van der Waals surface area contributed by atoms with E-state index in [1.165, 1.54) is 0 Å². The van der Waals surface area contributed by atoms with Crippen LogP contribution in [0.5, 0.6) is 0 Å². The highest BCUT2D eigenvalue weighted by atomic mass is 32.2. The molecule has 0 aliphatic carbocycles. The average molecular weight is 283 g/mol. The summed E-state index contributed by atoms with van der Waals surface area (Å²) in [6.07, 6.45) is 1.72. The molecule has 0 aromatic heterocycles. The summed E-state index contributed by atoms with van der Waals surface area (Å²) in [6.45, 7) is 2.87. The maximum Gasteiger partial charge on any atom is 0.157 e. The van der Waals surface area contributed by atoms with Crippen molar-refractivity contribution >= 4 is 15.5 Å². The number of hydrogen-bond acceptors (Lipinski definition) is 4. The third-order valence-electron chi connectivity index (χ3n) is 3.42. The van der Waals surface area contributed by atoms with Crippen molar-refractivity contribution in [3.8, 4) is 0 Å². The molecule has 1 aromatic carbocycles. The molecule has 1 aliphatic heterocycles. The van der Waals surface area contributed by atoms with Gasteiger partial charge in [0.05, 0.1) is 17.1 Å². The fourth-order valence-corrected chi connectivity index (χ4v) is 3.59. The first kappa shape index (κ1) is 14.3. The van der Waals surface area contributed by atoms with Crippen molar-refractivity contribution in [1.29, 1.82) is 0 Å². The second-order valence-corrected chi connectivity index (χ2v) is 7.49. The molecule has 0 radical (unpaired) electrons. The largest absolute Gasteiger partial charge is 0.384 e. The average Bonchev–Trinajstić information content (AvgIpc) is 2.89. The van der Waals surface area contributed by atoms with E-state index in [2.05, 4.69) is 5.32 Å². The number of anilines is 1. The van der Waals surface area contributed by atoms with Gasteiger partial charge < -0.3 is 10.1 Å². The van der Waals surface area contributed by atoms with Crippen molar-refractivity contribution in [2.45, 2.75) is 31.1 Å². The molecule has 5 heteroatoms. The Morgan fingerprint density at radius 1 is 1.37 bits per heavy atom. The van der Waals surface area contributed by atoms with Gasteiger partial charge in [-0.25, -0.2) is 8.42 Å². The molecule has 1 aromatic rings. The predicted octanol–water partition coefficient (Wildman–Crippen LogP) is 2.08. The summed E-state index contributed by atoms with van der Waals surface area (Å²) in [6, 6.07) is 9.64. The minimum absolute atomic E-state index is 0.107. The Balaban J connectivity index is 1.85. The summed E-state index contributed by atoms with van der Waals surface area (Å²) in [5.41, 5.74) is 0.946. The van der Waals surface area contributed by atoms with Crippen LogP contribution in [0.3, 0.4) is 0 Å². The lowest BCUT2D eigenvalue weighted by molar-refractivity contribution is 0.127. The Morgan fingerprint density at radius 3 is 2.74 bits per heavy atom. The van der Waals surface area contributed by atoms with Gasteiger partial charge in [-0.15, -0.1) is 0 Å². The summed E-state index contributed by atoms with van der Waals surface area (Å²) in [4.78, 5) is 0. The number of hydrogen-bond donors (Lipinski definition) is 1. The third-order valence-corrected chi connectivity index (χ3v) is 5.65. The predicted molar refractivity (Wildman–Crippen MR) is 77.2 cm³/mol. The van der Waals surface area contributed by atoms with Crippen LogP contribution in [0.4, 0.5) is 5.69 Å². The molecule has 1 aliphatic rings. The van der Waals surface area contributed by atoms with Crippen LogP contribution >= 0.6 is 0 Å². The van der Waals surface area contributed by atoms with Crippen LogP contribution in [0.15, 0.2) is 30.3 Å². The first-order chi connectivity index (χ1) is 9.08. The second kappa shape index (κ2) is 6.39. The molecule has 2 atom stereocenters. The van der Waals surface area contributed by atoms with Gasteiger partial charge in [0.1, 0.15) is 0 Å². The van der Waals surface area contributed by atoms with Gasteiger partial charge in [-0.3, -0.25) is 0 Å². The van der Waals surface area contributed by atoms with E-state index < -0.39 is 15.1 Å². The minimum Gasteiger partial charge on any atom is -0.384 e. The molecule has 2 rings (SSSR count). The van der Waals surface area contributed by atoms with Gasteiger partial charge >= 0.3 is 0 Å². The lowest BCUT2D eigenvalue weighted by Crippen LogP contribution is -2.32. The summed E-state index contributed by atoms with van der Waals surface area (Å²) >= 11 is 0. The zero-order chi connectivity index (χ0) is 13.7. The summed E-state index contributed by atoms with van der Waals surface area (Å²) in [7, 11) is -3.10. The van der Waals surface area contributed by atoms with Crippen molar-refractivity contribution in [2.75, 3.05) is 24.2 Å². The smallest absolute Gasteiger partial charge is 0.157 e. The monoisotopic (exact) mass is 283 g/mol. The Bertz CT molecular complexity index is 481. The Labute approximate surface area is 115 Å². The van der Waals surface area contributed by atoms with Gasteiger partial charge in [0.2, 0.25) is 0 Å². The normalized spacial score (nSPS) is 21.2. The molecule has 0 bridgehead atoms. The molecule has 0 saturated carbocycles. The zero-order valence-corrected chi connectivity index (χ0v) is 12.0. The van der Waals surface area contributed by atoms with E-state index in [0.29, 0.717) is 13.2 Å². The SMILES string of the molecule is CC(CNc1ccccc1)S(=O)(=O)CC1CCCO1.